The maximum Gasteiger partial charge on any atom is 0.0305 e. The van der Waals surface area contributed by atoms with E-state index in [0.717, 1.165) is 0 Å². The van der Waals surface area contributed by atoms with E-state index in [9.17, 15) is 0 Å². The lowest BCUT2D eigenvalue weighted by Gasteiger charge is -2.33. The quantitative estimate of drug-likeness (QED) is 0.914. The zero-order chi connectivity index (χ0) is 13.0. The summed E-state index contributed by atoms with van der Waals surface area (Å²) in [6.45, 7) is 8.16. The minimum atomic E-state index is 0.416. The Hall–Kier alpha value is -0.380. The minimum absolute atomic E-state index is 0.416. The fourth-order valence-electron chi connectivity index (χ4n) is 2.69. The molecule has 18 heavy (non-hydrogen) atoms. The first kappa shape index (κ1) is 14.0. The topological polar surface area (TPSA) is 15.3 Å². The number of piperidine rings is 1. The summed E-state index contributed by atoms with van der Waals surface area (Å²) in [6, 6.07) is 9.57. The van der Waals surface area contributed by atoms with Gasteiger partial charge in [0.2, 0.25) is 0 Å². The van der Waals surface area contributed by atoms with Crippen LogP contribution in [0.1, 0.15) is 38.3 Å². The lowest BCUT2D eigenvalue weighted by molar-refractivity contribution is 0.200. The van der Waals surface area contributed by atoms with Gasteiger partial charge >= 0.3 is 0 Å². The van der Waals surface area contributed by atoms with E-state index < -0.39 is 0 Å². The average molecular weight is 311 g/mol. The molecule has 3 heteroatoms. The van der Waals surface area contributed by atoms with Crippen molar-refractivity contribution in [3.05, 3.63) is 34.3 Å². The SMILES string of the molecule is CCN1CCC(N[C@@H](C)c2ccccc2Br)CC1. The van der Waals surface area contributed by atoms with Crippen molar-refractivity contribution in [3.63, 3.8) is 0 Å². The number of nitrogens with zero attached hydrogens (tertiary/aromatic N) is 1. The van der Waals surface area contributed by atoms with E-state index in [1.165, 1.54) is 42.5 Å². The highest BCUT2D eigenvalue weighted by atomic mass is 79.9. The molecule has 1 heterocycles. The minimum Gasteiger partial charge on any atom is -0.307 e. The van der Waals surface area contributed by atoms with Gasteiger partial charge in [-0.05, 0) is 51.0 Å². The molecule has 0 saturated carbocycles. The number of halogens is 1. The zero-order valence-electron chi connectivity index (χ0n) is 11.3. The summed E-state index contributed by atoms with van der Waals surface area (Å²) < 4.78 is 1.20. The van der Waals surface area contributed by atoms with Crippen LogP contribution in [0.25, 0.3) is 0 Å². The van der Waals surface area contributed by atoms with E-state index in [2.05, 4.69) is 64.3 Å². The molecule has 100 valence electrons. The monoisotopic (exact) mass is 310 g/mol. The van der Waals surface area contributed by atoms with Crippen LogP contribution in [0.2, 0.25) is 0 Å². The molecule has 1 aliphatic heterocycles. The highest BCUT2D eigenvalue weighted by molar-refractivity contribution is 9.10. The first-order valence-corrected chi connectivity index (χ1v) is 7.72. The van der Waals surface area contributed by atoms with Gasteiger partial charge in [0.1, 0.15) is 0 Å². The maximum absolute atomic E-state index is 3.76. The second-order valence-electron chi connectivity index (χ2n) is 5.12. The molecule has 1 saturated heterocycles. The van der Waals surface area contributed by atoms with Gasteiger partial charge in [0.15, 0.2) is 0 Å². The number of benzene rings is 1. The Balaban J connectivity index is 1.89. The third kappa shape index (κ3) is 3.56. The third-order valence-corrected chi connectivity index (χ3v) is 4.61. The molecule has 0 amide bonds. The Morgan fingerprint density at radius 1 is 1.33 bits per heavy atom. The molecule has 0 spiro atoms. The molecule has 1 atom stereocenters. The van der Waals surface area contributed by atoms with Crippen LogP contribution in [0, 0.1) is 0 Å². The van der Waals surface area contributed by atoms with Crippen molar-refractivity contribution in [3.8, 4) is 0 Å². The molecule has 2 rings (SSSR count). The lowest BCUT2D eigenvalue weighted by atomic mass is 10.0. The number of hydrogen-bond acceptors (Lipinski definition) is 2. The normalized spacial score (nSPS) is 19.9. The summed E-state index contributed by atoms with van der Waals surface area (Å²) in [5, 5.41) is 3.76. The largest absolute Gasteiger partial charge is 0.307 e. The molecule has 1 aromatic carbocycles. The van der Waals surface area contributed by atoms with Crippen LogP contribution in [-0.2, 0) is 0 Å². The first-order valence-electron chi connectivity index (χ1n) is 6.93. The van der Waals surface area contributed by atoms with Gasteiger partial charge in [-0.15, -0.1) is 0 Å². The molecule has 1 N–H and O–H groups in total. The van der Waals surface area contributed by atoms with Gasteiger partial charge in [-0.3, -0.25) is 0 Å². The summed E-state index contributed by atoms with van der Waals surface area (Å²) in [5.74, 6) is 0. The van der Waals surface area contributed by atoms with Crippen molar-refractivity contribution in [1.29, 1.82) is 0 Å². The zero-order valence-corrected chi connectivity index (χ0v) is 12.9. The Morgan fingerprint density at radius 3 is 2.61 bits per heavy atom. The Labute approximate surface area is 119 Å². The molecule has 0 radical (unpaired) electrons. The fraction of sp³-hybridized carbons (Fsp3) is 0.600. The van der Waals surface area contributed by atoms with Gasteiger partial charge in [-0.1, -0.05) is 41.1 Å². The standard InChI is InChI=1S/C15H23BrN2/c1-3-18-10-8-13(9-11-18)17-12(2)14-6-4-5-7-15(14)16/h4-7,12-13,17H,3,8-11H2,1-2H3/t12-/m0/s1. The van der Waals surface area contributed by atoms with Crippen molar-refractivity contribution in [2.45, 2.75) is 38.8 Å². The molecule has 0 aromatic heterocycles. The van der Waals surface area contributed by atoms with Crippen LogP contribution in [0.3, 0.4) is 0 Å². The van der Waals surface area contributed by atoms with Gasteiger partial charge in [-0.25, -0.2) is 0 Å². The molecule has 0 bridgehead atoms. The van der Waals surface area contributed by atoms with Gasteiger partial charge in [0.05, 0.1) is 0 Å². The van der Waals surface area contributed by atoms with E-state index in [1.807, 2.05) is 0 Å². The Bertz CT molecular complexity index is 373. The Morgan fingerprint density at radius 2 is 2.00 bits per heavy atom. The Kier molecular flexibility index (Phi) is 5.22. The summed E-state index contributed by atoms with van der Waals surface area (Å²) in [4.78, 5) is 2.53. The molecule has 0 aliphatic carbocycles. The van der Waals surface area contributed by atoms with Crippen molar-refractivity contribution in [2.24, 2.45) is 0 Å². The predicted octanol–water partition coefficient (Wildman–Crippen LogP) is 3.58. The summed E-state index contributed by atoms with van der Waals surface area (Å²) >= 11 is 3.63. The van der Waals surface area contributed by atoms with E-state index in [1.54, 1.807) is 0 Å². The molecule has 1 fully saturated rings. The molecule has 1 aliphatic rings. The number of nitrogens with one attached hydrogen (secondary N) is 1. The highest BCUT2D eigenvalue weighted by Gasteiger charge is 2.20. The van der Waals surface area contributed by atoms with Crippen molar-refractivity contribution < 1.29 is 0 Å². The van der Waals surface area contributed by atoms with Crippen LogP contribution < -0.4 is 5.32 Å². The number of hydrogen-bond donors (Lipinski definition) is 1. The van der Waals surface area contributed by atoms with E-state index in [0.29, 0.717) is 12.1 Å². The van der Waals surface area contributed by atoms with Gasteiger partial charge in [0, 0.05) is 16.6 Å². The van der Waals surface area contributed by atoms with Gasteiger partial charge < -0.3 is 10.2 Å². The molecule has 2 nitrogen and oxygen atoms in total. The van der Waals surface area contributed by atoms with Crippen molar-refractivity contribution in [1.82, 2.24) is 10.2 Å². The van der Waals surface area contributed by atoms with Gasteiger partial charge in [-0.2, -0.15) is 0 Å². The second kappa shape index (κ2) is 6.69. The summed E-state index contributed by atoms with van der Waals surface area (Å²) in [7, 11) is 0. The van der Waals surface area contributed by atoms with Crippen LogP contribution in [0.4, 0.5) is 0 Å². The summed E-state index contributed by atoms with van der Waals surface area (Å²) in [5.41, 5.74) is 1.36. The number of likely N-dealkylation sites (tertiary alicyclic amines) is 1. The molecule has 0 unspecified atom stereocenters. The van der Waals surface area contributed by atoms with Crippen molar-refractivity contribution >= 4 is 15.9 Å². The fourth-order valence-corrected chi connectivity index (χ4v) is 3.31. The van der Waals surface area contributed by atoms with Crippen LogP contribution in [0.5, 0.6) is 0 Å². The third-order valence-electron chi connectivity index (χ3n) is 3.89. The first-order chi connectivity index (χ1) is 8.70. The van der Waals surface area contributed by atoms with Crippen LogP contribution in [0.15, 0.2) is 28.7 Å². The molecule has 1 aromatic rings. The van der Waals surface area contributed by atoms with Crippen LogP contribution in [-0.4, -0.2) is 30.6 Å². The van der Waals surface area contributed by atoms with E-state index in [-0.39, 0.29) is 0 Å². The predicted molar refractivity (Wildman–Crippen MR) is 80.8 cm³/mol. The number of rotatable bonds is 4. The van der Waals surface area contributed by atoms with E-state index >= 15 is 0 Å². The highest BCUT2D eigenvalue weighted by Crippen LogP contribution is 2.24. The van der Waals surface area contributed by atoms with E-state index in [4.69, 9.17) is 0 Å². The lowest BCUT2D eigenvalue weighted by Crippen LogP contribution is -2.43. The van der Waals surface area contributed by atoms with Crippen LogP contribution >= 0.6 is 15.9 Å². The average Bonchev–Trinajstić information content (AvgIpc) is 2.40. The molecular formula is C15H23BrN2. The molecular weight excluding hydrogens is 288 g/mol. The van der Waals surface area contributed by atoms with Gasteiger partial charge in [0.25, 0.3) is 0 Å². The van der Waals surface area contributed by atoms with Crippen molar-refractivity contribution in [2.75, 3.05) is 19.6 Å². The maximum atomic E-state index is 3.76. The second-order valence-corrected chi connectivity index (χ2v) is 5.97. The summed E-state index contributed by atoms with van der Waals surface area (Å²) in [6.07, 6.45) is 2.53. The smallest absolute Gasteiger partial charge is 0.0305 e.